The number of nitrogens with one attached hydrogen (secondary N) is 1. The van der Waals surface area contributed by atoms with Crippen molar-refractivity contribution in [2.45, 2.75) is 12.7 Å². The third-order valence-corrected chi connectivity index (χ3v) is 1.72. The summed E-state index contributed by atoms with van der Waals surface area (Å²) in [7, 11) is 0. The number of aromatic nitrogens is 1. The van der Waals surface area contributed by atoms with Gasteiger partial charge >= 0.3 is 0 Å². The second-order valence-corrected chi connectivity index (χ2v) is 3.16. The molecule has 1 aromatic heterocycles. The van der Waals surface area contributed by atoms with Crippen LogP contribution in [0.4, 0.5) is 19.0 Å². The van der Waals surface area contributed by atoms with Crippen molar-refractivity contribution in [3.05, 3.63) is 22.8 Å². The van der Waals surface area contributed by atoms with E-state index in [-0.39, 0.29) is 5.82 Å². The highest BCUT2D eigenvalue weighted by molar-refractivity contribution is 9.10. The highest BCUT2D eigenvalue weighted by atomic mass is 79.9. The molecule has 0 aliphatic rings. The van der Waals surface area contributed by atoms with Gasteiger partial charge in [0.15, 0.2) is 0 Å². The molecule has 0 amide bonds. The molecule has 0 saturated carbocycles. The number of anilines is 1. The third-order valence-electron chi connectivity index (χ3n) is 1.23. The van der Waals surface area contributed by atoms with E-state index >= 15 is 0 Å². The van der Waals surface area contributed by atoms with E-state index < -0.39 is 12.7 Å². The van der Waals surface area contributed by atoms with E-state index in [1.165, 1.54) is 12.3 Å². The average molecular weight is 255 g/mol. The Labute approximate surface area is 81.3 Å². The number of pyridine rings is 1. The van der Waals surface area contributed by atoms with Gasteiger partial charge in [0, 0.05) is 10.7 Å². The Kier molecular flexibility index (Phi) is 3.53. The molecule has 0 aliphatic heterocycles. The monoisotopic (exact) mass is 254 g/mol. The molecular weight excluding hydrogens is 249 g/mol. The molecule has 1 rings (SSSR count). The highest BCUT2D eigenvalue weighted by Gasteiger charge is 2.18. The van der Waals surface area contributed by atoms with Gasteiger partial charge in [-0.05, 0) is 12.1 Å². The molecule has 2 nitrogen and oxygen atoms in total. The second kappa shape index (κ2) is 4.45. The SMILES string of the molecule is FC(F)C(F)Nc1cc(Br)ccn1. The van der Waals surface area contributed by atoms with Crippen LogP contribution in [-0.4, -0.2) is 17.7 Å². The summed E-state index contributed by atoms with van der Waals surface area (Å²) in [6, 6.07) is 3.02. The van der Waals surface area contributed by atoms with Crippen LogP contribution >= 0.6 is 15.9 Å². The van der Waals surface area contributed by atoms with Gasteiger partial charge in [-0.3, -0.25) is 0 Å². The predicted octanol–water partition coefficient (Wildman–Crippen LogP) is 2.82. The largest absolute Gasteiger partial charge is 0.336 e. The summed E-state index contributed by atoms with van der Waals surface area (Å²) in [6.45, 7) is 0. The van der Waals surface area contributed by atoms with Crippen LogP contribution in [0.2, 0.25) is 0 Å². The van der Waals surface area contributed by atoms with Gasteiger partial charge in [-0.2, -0.15) is 0 Å². The topological polar surface area (TPSA) is 24.9 Å². The van der Waals surface area contributed by atoms with E-state index in [1.54, 1.807) is 6.07 Å². The molecule has 0 spiro atoms. The summed E-state index contributed by atoms with van der Waals surface area (Å²) in [5.74, 6) is 0.0715. The smallest absolute Gasteiger partial charge is 0.287 e. The van der Waals surface area contributed by atoms with Gasteiger partial charge in [-0.15, -0.1) is 0 Å². The van der Waals surface area contributed by atoms with E-state index in [4.69, 9.17) is 0 Å². The summed E-state index contributed by atoms with van der Waals surface area (Å²) < 4.78 is 36.5. The molecule has 1 atom stereocenters. The minimum atomic E-state index is -3.05. The quantitative estimate of drug-likeness (QED) is 0.840. The summed E-state index contributed by atoms with van der Waals surface area (Å²) in [6.07, 6.45) is -4.06. The first-order valence-electron chi connectivity index (χ1n) is 3.40. The second-order valence-electron chi connectivity index (χ2n) is 2.24. The fraction of sp³-hybridized carbons (Fsp3) is 0.286. The molecule has 0 fully saturated rings. The highest BCUT2D eigenvalue weighted by Crippen LogP contribution is 2.15. The van der Waals surface area contributed by atoms with Crippen molar-refractivity contribution in [2.75, 3.05) is 5.32 Å². The molecule has 1 heterocycles. The van der Waals surface area contributed by atoms with E-state index in [1.807, 2.05) is 5.32 Å². The standard InChI is InChI=1S/C7H6BrF3N2/c8-4-1-2-12-5(3-4)13-7(11)6(9)10/h1-3,6-7H,(H,12,13). The lowest BCUT2D eigenvalue weighted by Crippen LogP contribution is -2.22. The van der Waals surface area contributed by atoms with Crippen LogP contribution in [0.5, 0.6) is 0 Å². The summed E-state index contributed by atoms with van der Waals surface area (Å²) >= 11 is 3.10. The first-order valence-corrected chi connectivity index (χ1v) is 4.19. The van der Waals surface area contributed by atoms with Gasteiger partial charge in [0.25, 0.3) is 6.43 Å². The van der Waals surface area contributed by atoms with E-state index in [9.17, 15) is 13.2 Å². The van der Waals surface area contributed by atoms with Crippen LogP contribution in [0.1, 0.15) is 0 Å². The van der Waals surface area contributed by atoms with Crippen LogP contribution in [0, 0.1) is 0 Å². The van der Waals surface area contributed by atoms with Gasteiger partial charge in [0.05, 0.1) is 0 Å². The Hall–Kier alpha value is -0.780. The lowest BCUT2D eigenvalue weighted by atomic mass is 10.4. The maximum Gasteiger partial charge on any atom is 0.287 e. The summed E-state index contributed by atoms with van der Waals surface area (Å²) in [5.41, 5.74) is 0. The Morgan fingerprint density at radius 2 is 2.08 bits per heavy atom. The van der Waals surface area contributed by atoms with Crippen molar-refractivity contribution in [2.24, 2.45) is 0 Å². The van der Waals surface area contributed by atoms with Crippen molar-refractivity contribution in [3.63, 3.8) is 0 Å². The molecular formula is C7H6BrF3N2. The lowest BCUT2D eigenvalue weighted by Gasteiger charge is -2.09. The maximum absolute atomic E-state index is 12.4. The minimum absolute atomic E-state index is 0.0715. The summed E-state index contributed by atoms with van der Waals surface area (Å²) in [4.78, 5) is 3.65. The average Bonchev–Trinajstić information content (AvgIpc) is 2.04. The molecule has 0 bridgehead atoms. The molecule has 13 heavy (non-hydrogen) atoms. The lowest BCUT2D eigenvalue weighted by molar-refractivity contribution is 0.0648. The molecule has 0 saturated heterocycles. The predicted molar refractivity (Wildman–Crippen MR) is 46.5 cm³/mol. The van der Waals surface area contributed by atoms with Crippen LogP contribution in [0.25, 0.3) is 0 Å². The molecule has 1 aromatic rings. The fourth-order valence-electron chi connectivity index (χ4n) is 0.688. The molecule has 1 unspecified atom stereocenters. The van der Waals surface area contributed by atoms with Crippen molar-refractivity contribution >= 4 is 21.7 Å². The Bertz CT molecular complexity index is 282. The van der Waals surface area contributed by atoms with Gasteiger partial charge in [0.1, 0.15) is 5.82 Å². The van der Waals surface area contributed by atoms with E-state index in [0.717, 1.165) is 0 Å². The zero-order valence-electron chi connectivity index (χ0n) is 6.35. The maximum atomic E-state index is 12.4. The first kappa shape index (κ1) is 10.3. The molecule has 72 valence electrons. The van der Waals surface area contributed by atoms with Crippen molar-refractivity contribution < 1.29 is 13.2 Å². The number of nitrogens with zero attached hydrogens (tertiary/aromatic N) is 1. The molecule has 0 aromatic carbocycles. The number of halogens is 4. The zero-order valence-corrected chi connectivity index (χ0v) is 7.93. The van der Waals surface area contributed by atoms with Crippen molar-refractivity contribution in [1.82, 2.24) is 4.98 Å². The number of hydrogen-bond acceptors (Lipinski definition) is 2. The number of hydrogen-bond donors (Lipinski definition) is 1. The Morgan fingerprint density at radius 1 is 1.38 bits per heavy atom. The van der Waals surface area contributed by atoms with Crippen LogP contribution in [-0.2, 0) is 0 Å². The molecule has 0 radical (unpaired) electrons. The van der Waals surface area contributed by atoms with Gasteiger partial charge in [0.2, 0.25) is 6.30 Å². The molecule has 6 heteroatoms. The van der Waals surface area contributed by atoms with Crippen LogP contribution in [0.3, 0.4) is 0 Å². The Morgan fingerprint density at radius 3 is 2.62 bits per heavy atom. The minimum Gasteiger partial charge on any atom is -0.336 e. The normalized spacial score (nSPS) is 13.0. The van der Waals surface area contributed by atoms with Gasteiger partial charge < -0.3 is 5.32 Å². The third kappa shape index (κ3) is 3.22. The van der Waals surface area contributed by atoms with E-state index in [0.29, 0.717) is 4.47 Å². The first-order chi connectivity index (χ1) is 6.09. The van der Waals surface area contributed by atoms with Crippen LogP contribution in [0.15, 0.2) is 22.8 Å². The number of alkyl halides is 3. The van der Waals surface area contributed by atoms with Crippen molar-refractivity contribution in [1.29, 1.82) is 0 Å². The van der Waals surface area contributed by atoms with E-state index in [2.05, 4.69) is 20.9 Å². The molecule has 0 aliphatic carbocycles. The Balaban J connectivity index is 2.64. The summed E-state index contributed by atoms with van der Waals surface area (Å²) in [5, 5.41) is 1.92. The van der Waals surface area contributed by atoms with Gasteiger partial charge in [-0.1, -0.05) is 15.9 Å². The zero-order chi connectivity index (χ0) is 9.84. The van der Waals surface area contributed by atoms with Crippen molar-refractivity contribution in [3.8, 4) is 0 Å². The fourth-order valence-corrected chi connectivity index (χ4v) is 1.02. The van der Waals surface area contributed by atoms with Crippen LogP contribution < -0.4 is 5.32 Å². The van der Waals surface area contributed by atoms with Gasteiger partial charge in [-0.25, -0.2) is 18.2 Å². The molecule has 1 N–H and O–H groups in total. The number of rotatable bonds is 3.